The molecule has 3 nitrogen and oxygen atoms in total. The number of methoxy groups -OCH3 is 1. The van der Waals surface area contributed by atoms with Gasteiger partial charge < -0.3 is 4.74 Å². The van der Waals surface area contributed by atoms with E-state index in [1.165, 1.54) is 12.0 Å². The van der Waals surface area contributed by atoms with E-state index in [1.54, 1.807) is 11.3 Å². The number of thiophene rings is 1. The van der Waals surface area contributed by atoms with Crippen LogP contribution in [0.5, 0.6) is 0 Å². The molecule has 1 unspecified atom stereocenters. The molecule has 0 aromatic carbocycles. The molecule has 1 saturated heterocycles. The highest BCUT2D eigenvalue weighted by atomic mass is 32.1. The molecular formula is C11H15NO2S. The topological polar surface area (TPSA) is 29.5 Å². The molecule has 0 spiro atoms. The Morgan fingerprint density at radius 1 is 1.73 bits per heavy atom. The molecule has 1 atom stereocenters. The van der Waals surface area contributed by atoms with Gasteiger partial charge in [0.05, 0.1) is 7.11 Å². The minimum Gasteiger partial charge on any atom is -0.468 e. The smallest absolute Gasteiger partial charge is 0.323 e. The Morgan fingerprint density at radius 2 is 2.60 bits per heavy atom. The molecule has 1 aromatic heterocycles. The van der Waals surface area contributed by atoms with E-state index in [2.05, 4.69) is 16.3 Å². The molecule has 0 amide bonds. The maximum absolute atomic E-state index is 11.5. The summed E-state index contributed by atoms with van der Waals surface area (Å²) in [6.07, 6.45) is 2.02. The highest BCUT2D eigenvalue weighted by molar-refractivity contribution is 7.09. The average Bonchev–Trinajstić information content (AvgIpc) is 2.88. The van der Waals surface area contributed by atoms with Gasteiger partial charge in [-0.25, -0.2) is 0 Å². The number of hydrogen-bond acceptors (Lipinski definition) is 4. The van der Waals surface area contributed by atoms with Gasteiger partial charge in [-0.3, -0.25) is 9.69 Å². The van der Waals surface area contributed by atoms with E-state index in [0.29, 0.717) is 0 Å². The van der Waals surface area contributed by atoms with Crippen molar-refractivity contribution in [3.63, 3.8) is 0 Å². The van der Waals surface area contributed by atoms with E-state index in [9.17, 15) is 4.79 Å². The molecule has 1 aliphatic rings. The van der Waals surface area contributed by atoms with Crippen molar-refractivity contribution in [1.29, 1.82) is 0 Å². The summed E-state index contributed by atoms with van der Waals surface area (Å²) < 4.78 is 4.81. The van der Waals surface area contributed by atoms with Gasteiger partial charge >= 0.3 is 5.97 Å². The van der Waals surface area contributed by atoms with Gasteiger partial charge in [0.2, 0.25) is 0 Å². The zero-order valence-corrected chi connectivity index (χ0v) is 9.63. The Labute approximate surface area is 93.7 Å². The van der Waals surface area contributed by atoms with Gasteiger partial charge in [0.15, 0.2) is 0 Å². The van der Waals surface area contributed by atoms with Crippen molar-refractivity contribution in [3.8, 4) is 0 Å². The molecule has 2 rings (SSSR count). The predicted octanol–water partition coefficient (Wildman–Crippen LogP) is 1.89. The number of ether oxygens (including phenoxy) is 1. The Balaban J connectivity index is 1.99. The Kier molecular flexibility index (Phi) is 3.38. The first-order chi connectivity index (χ1) is 7.31. The first-order valence-electron chi connectivity index (χ1n) is 5.15. The van der Waals surface area contributed by atoms with Crippen LogP contribution in [-0.2, 0) is 16.1 Å². The molecule has 0 aliphatic carbocycles. The summed E-state index contributed by atoms with van der Waals surface area (Å²) >= 11 is 1.74. The van der Waals surface area contributed by atoms with Gasteiger partial charge in [0.25, 0.3) is 0 Å². The zero-order chi connectivity index (χ0) is 10.7. The molecule has 82 valence electrons. The zero-order valence-electron chi connectivity index (χ0n) is 8.81. The summed E-state index contributed by atoms with van der Waals surface area (Å²) in [7, 11) is 1.46. The van der Waals surface area contributed by atoms with Crippen LogP contribution in [0, 0.1) is 0 Å². The van der Waals surface area contributed by atoms with Crippen LogP contribution in [0.3, 0.4) is 0 Å². The van der Waals surface area contributed by atoms with Gasteiger partial charge in [-0.1, -0.05) is 6.07 Å². The van der Waals surface area contributed by atoms with Crippen LogP contribution >= 0.6 is 11.3 Å². The molecule has 0 N–H and O–H groups in total. The van der Waals surface area contributed by atoms with Crippen molar-refractivity contribution in [2.45, 2.75) is 25.4 Å². The molecule has 1 fully saturated rings. The number of rotatable bonds is 3. The quantitative estimate of drug-likeness (QED) is 0.736. The van der Waals surface area contributed by atoms with Crippen molar-refractivity contribution < 1.29 is 9.53 Å². The summed E-state index contributed by atoms with van der Waals surface area (Å²) in [5.41, 5.74) is 0. The lowest BCUT2D eigenvalue weighted by atomic mass is 10.2. The summed E-state index contributed by atoms with van der Waals surface area (Å²) in [6.45, 7) is 1.87. The molecule has 0 bridgehead atoms. The molecular weight excluding hydrogens is 210 g/mol. The van der Waals surface area contributed by atoms with Crippen molar-refractivity contribution in [3.05, 3.63) is 22.4 Å². The lowest BCUT2D eigenvalue weighted by Gasteiger charge is -2.21. The van der Waals surface area contributed by atoms with Crippen LogP contribution < -0.4 is 0 Å². The second-order valence-electron chi connectivity index (χ2n) is 3.73. The van der Waals surface area contributed by atoms with Crippen LogP contribution in [0.1, 0.15) is 17.7 Å². The van der Waals surface area contributed by atoms with Crippen LogP contribution in [-0.4, -0.2) is 30.6 Å². The minimum absolute atomic E-state index is 0.0305. The fourth-order valence-corrected chi connectivity index (χ4v) is 2.75. The van der Waals surface area contributed by atoms with Gasteiger partial charge in [0.1, 0.15) is 6.04 Å². The second-order valence-corrected chi connectivity index (χ2v) is 4.76. The van der Waals surface area contributed by atoms with Crippen LogP contribution in [0.15, 0.2) is 17.5 Å². The number of carbonyl (C=O) groups excluding carboxylic acids is 1. The largest absolute Gasteiger partial charge is 0.468 e. The SMILES string of the molecule is COC(=O)C1CCCN1Cc1cccs1. The van der Waals surface area contributed by atoms with Crippen molar-refractivity contribution in [2.75, 3.05) is 13.7 Å². The Bertz CT molecular complexity index is 323. The highest BCUT2D eigenvalue weighted by Crippen LogP contribution is 2.22. The summed E-state index contributed by atoms with van der Waals surface area (Å²) in [6, 6.07) is 4.12. The van der Waals surface area contributed by atoms with Gasteiger partial charge in [0, 0.05) is 11.4 Å². The lowest BCUT2D eigenvalue weighted by Crippen LogP contribution is -2.36. The Hall–Kier alpha value is -0.870. The van der Waals surface area contributed by atoms with E-state index in [1.807, 2.05) is 6.07 Å². The third-order valence-corrected chi connectivity index (χ3v) is 3.64. The summed E-state index contributed by atoms with van der Waals surface area (Å²) in [5.74, 6) is -0.0935. The van der Waals surface area contributed by atoms with Crippen LogP contribution in [0.2, 0.25) is 0 Å². The predicted molar refractivity (Wildman–Crippen MR) is 59.8 cm³/mol. The van der Waals surface area contributed by atoms with Gasteiger partial charge in [-0.2, -0.15) is 0 Å². The summed E-state index contributed by atoms with van der Waals surface area (Å²) in [4.78, 5) is 15.0. The normalized spacial score (nSPS) is 21.8. The lowest BCUT2D eigenvalue weighted by molar-refractivity contribution is -0.146. The number of esters is 1. The van der Waals surface area contributed by atoms with E-state index in [4.69, 9.17) is 4.74 Å². The number of hydrogen-bond donors (Lipinski definition) is 0. The van der Waals surface area contributed by atoms with Crippen LogP contribution in [0.25, 0.3) is 0 Å². The average molecular weight is 225 g/mol. The standard InChI is InChI=1S/C11H15NO2S/c1-14-11(13)10-5-2-6-12(10)8-9-4-3-7-15-9/h3-4,7,10H,2,5-6,8H2,1H3. The molecule has 0 saturated carbocycles. The Morgan fingerprint density at radius 3 is 3.27 bits per heavy atom. The van der Waals surface area contributed by atoms with Crippen molar-refractivity contribution in [2.24, 2.45) is 0 Å². The fraction of sp³-hybridized carbons (Fsp3) is 0.545. The fourth-order valence-electron chi connectivity index (χ4n) is 2.02. The highest BCUT2D eigenvalue weighted by Gasteiger charge is 2.31. The third kappa shape index (κ3) is 2.38. The molecule has 1 aliphatic heterocycles. The number of likely N-dealkylation sites (tertiary alicyclic amines) is 1. The van der Waals surface area contributed by atoms with E-state index in [0.717, 1.165) is 25.9 Å². The first-order valence-corrected chi connectivity index (χ1v) is 6.03. The van der Waals surface area contributed by atoms with Crippen LogP contribution in [0.4, 0.5) is 0 Å². The van der Waals surface area contributed by atoms with Crippen molar-refractivity contribution >= 4 is 17.3 Å². The molecule has 15 heavy (non-hydrogen) atoms. The maximum atomic E-state index is 11.5. The van der Waals surface area contributed by atoms with E-state index in [-0.39, 0.29) is 12.0 Å². The van der Waals surface area contributed by atoms with Gasteiger partial charge in [-0.05, 0) is 30.8 Å². The minimum atomic E-state index is -0.0935. The monoisotopic (exact) mass is 225 g/mol. The number of carbonyl (C=O) groups is 1. The molecule has 0 radical (unpaired) electrons. The van der Waals surface area contributed by atoms with E-state index < -0.39 is 0 Å². The first kappa shape index (κ1) is 10.6. The molecule has 2 heterocycles. The molecule has 1 aromatic rings. The van der Waals surface area contributed by atoms with Gasteiger partial charge in [-0.15, -0.1) is 11.3 Å². The molecule has 4 heteroatoms. The third-order valence-electron chi connectivity index (χ3n) is 2.78. The maximum Gasteiger partial charge on any atom is 0.323 e. The van der Waals surface area contributed by atoms with E-state index >= 15 is 0 Å². The van der Waals surface area contributed by atoms with Crippen molar-refractivity contribution in [1.82, 2.24) is 4.90 Å². The second kappa shape index (κ2) is 4.77. The summed E-state index contributed by atoms with van der Waals surface area (Å²) in [5, 5.41) is 2.07. The number of nitrogens with zero attached hydrogens (tertiary/aromatic N) is 1.